The highest BCUT2D eigenvalue weighted by molar-refractivity contribution is 6.07. The number of hydrogen-bond donors (Lipinski definition) is 2. The Kier molecular flexibility index (Phi) is 8.51. The van der Waals surface area contributed by atoms with Crippen molar-refractivity contribution in [2.45, 2.75) is 26.3 Å². The largest absolute Gasteiger partial charge is 0.545 e. The van der Waals surface area contributed by atoms with E-state index in [2.05, 4.69) is 31.1 Å². The average Bonchev–Trinajstić information content (AvgIpc) is 2.85. The van der Waals surface area contributed by atoms with Crippen molar-refractivity contribution in [2.24, 2.45) is 0 Å². The Morgan fingerprint density at radius 3 is 2.21 bits per heavy atom. The topological polar surface area (TPSA) is 95.8 Å². The second-order valence-electron chi connectivity index (χ2n) is 9.08. The zero-order chi connectivity index (χ0) is 24.6. The third-order valence-corrected chi connectivity index (χ3v) is 5.66. The summed E-state index contributed by atoms with van der Waals surface area (Å²) >= 11 is 0. The van der Waals surface area contributed by atoms with Gasteiger partial charge in [-0.15, -0.1) is 0 Å². The first kappa shape index (κ1) is 25.1. The van der Waals surface area contributed by atoms with Crippen LogP contribution in [0.1, 0.15) is 41.5 Å². The van der Waals surface area contributed by atoms with Crippen molar-refractivity contribution in [2.75, 3.05) is 31.6 Å². The van der Waals surface area contributed by atoms with Gasteiger partial charge in [0.1, 0.15) is 13.1 Å². The number of morpholine rings is 1. The number of aromatic nitrogens is 1. The van der Waals surface area contributed by atoms with Gasteiger partial charge in [0, 0.05) is 23.5 Å². The standard InChI is InChI=1S/C19H14N2O3.C8H17NO/c22-18(21-17-9-5-4-8-16(17)19(23)24)15-10-14(11-20-12-15)13-6-2-1-3-7-13;1-8(2,3)9-4-6-10-7-5-9/h1-12H,(H,21,22)(H,23,24);4-7H2,1-3H3. The van der Waals surface area contributed by atoms with Gasteiger partial charge in [0.25, 0.3) is 5.91 Å². The van der Waals surface area contributed by atoms with Crippen LogP contribution in [0.4, 0.5) is 5.69 Å². The Morgan fingerprint density at radius 1 is 0.941 bits per heavy atom. The first-order valence-electron chi connectivity index (χ1n) is 11.3. The minimum atomic E-state index is -1.35. The maximum Gasteiger partial charge on any atom is 0.257 e. The predicted molar refractivity (Wildman–Crippen MR) is 130 cm³/mol. The van der Waals surface area contributed by atoms with Crippen LogP contribution >= 0.6 is 0 Å². The molecule has 2 N–H and O–H groups in total. The zero-order valence-electron chi connectivity index (χ0n) is 19.8. The van der Waals surface area contributed by atoms with Gasteiger partial charge in [-0.2, -0.15) is 0 Å². The molecule has 0 atom stereocenters. The molecule has 0 saturated carbocycles. The number of ether oxygens (including phenoxy) is 1. The summed E-state index contributed by atoms with van der Waals surface area (Å²) in [5.41, 5.74) is 2.60. The highest BCUT2D eigenvalue weighted by Gasteiger charge is 2.26. The van der Waals surface area contributed by atoms with Gasteiger partial charge in [0.15, 0.2) is 0 Å². The van der Waals surface area contributed by atoms with Crippen molar-refractivity contribution < 1.29 is 24.3 Å². The summed E-state index contributed by atoms with van der Waals surface area (Å²) in [5.74, 6) is -1.78. The first-order chi connectivity index (χ1) is 16.3. The number of carbonyl (C=O) groups is 2. The Bertz CT molecular complexity index is 1100. The van der Waals surface area contributed by atoms with Crippen molar-refractivity contribution in [1.29, 1.82) is 0 Å². The fraction of sp³-hybridized carbons (Fsp3) is 0.296. The fourth-order valence-electron chi connectivity index (χ4n) is 3.68. The molecule has 1 aliphatic rings. The molecule has 1 aliphatic heterocycles. The molecule has 2 aromatic carbocycles. The van der Waals surface area contributed by atoms with Crippen molar-refractivity contribution in [3.63, 3.8) is 0 Å². The number of nitrogens with one attached hydrogen (secondary N) is 2. The molecule has 3 aromatic rings. The quantitative estimate of drug-likeness (QED) is 0.620. The molecule has 0 spiro atoms. The molecule has 0 radical (unpaired) electrons. The summed E-state index contributed by atoms with van der Waals surface area (Å²) in [7, 11) is 0. The van der Waals surface area contributed by atoms with E-state index in [4.69, 9.17) is 4.74 Å². The number of nitrogens with zero attached hydrogens (tertiary/aromatic N) is 1. The van der Waals surface area contributed by atoms with E-state index in [-0.39, 0.29) is 11.3 Å². The third kappa shape index (κ3) is 6.97. The van der Waals surface area contributed by atoms with Crippen LogP contribution in [0.25, 0.3) is 11.1 Å². The molecule has 7 nitrogen and oxygen atoms in total. The summed E-state index contributed by atoms with van der Waals surface area (Å²) in [5, 5.41) is 13.7. The molecule has 34 heavy (non-hydrogen) atoms. The molecule has 1 aromatic heterocycles. The SMILES string of the molecule is CC(C)(C)[NH+]1CCOCC1.O=C(Nc1ccccc1C(=O)[O-])c1cncc(-c2ccccc2)c1. The number of quaternary nitrogens is 1. The van der Waals surface area contributed by atoms with Crippen LogP contribution in [0.15, 0.2) is 73.1 Å². The van der Waals surface area contributed by atoms with Gasteiger partial charge in [0.05, 0.1) is 36.0 Å². The van der Waals surface area contributed by atoms with Crippen LogP contribution in [-0.2, 0) is 4.74 Å². The van der Waals surface area contributed by atoms with Crippen LogP contribution in [0.3, 0.4) is 0 Å². The second-order valence-corrected chi connectivity index (χ2v) is 9.08. The maximum atomic E-state index is 12.4. The number of para-hydroxylation sites is 1. The molecule has 4 rings (SSSR count). The lowest BCUT2D eigenvalue weighted by Crippen LogP contribution is -3.20. The van der Waals surface area contributed by atoms with Gasteiger partial charge in [-0.1, -0.05) is 48.5 Å². The molecular formula is C27H31N3O4. The van der Waals surface area contributed by atoms with E-state index in [9.17, 15) is 14.7 Å². The van der Waals surface area contributed by atoms with Gasteiger partial charge < -0.3 is 24.9 Å². The third-order valence-electron chi connectivity index (χ3n) is 5.66. The van der Waals surface area contributed by atoms with E-state index >= 15 is 0 Å². The van der Waals surface area contributed by atoms with Crippen molar-refractivity contribution >= 4 is 17.6 Å². The zero-order valence-corrected chi connectivity index (χ0v) is 19.8. The van der Waals surface area contributed by atoms with E-state index in [0.29, 0.717) is 11.1 Å². The van der Waals surface area contributed by atoms with E-state index in [0.717, 1.165) is 24.3 Å². The average molecular weight is 462 g/mol. The lowest BCUT2D eigenvalue weighted by atomic mass is 10.1. The number of carboxylic acid groups (broad SMARTS) is 1. The number of hydrogen-bond acceptors (Lipinski definition) is 5. The van der Waals surface area contributed by atoms with E-state index in [1.807, 2.05) is 30.3 Å². The summed E-state index contributed by atoms with van der Waals surface area (Å²) in [6.45, 7) is 11.1. The van der Waals surface area contributed by atoms with Crippen molar-refractivity contribution in [1.82, 2.24) is 4.98 Å². The van der Waals surface area contributed by atoms with E-state index in [1.54, 1.807) is 29.3 Å². The smallest absolute Gasteiger partial charge is 0.257 e. The van der Waals surface area contributed by atoms with E-state index in [1.165, 1.54) is 31.4 Å². The molecule has 1 saturated heterocycles. The van der Waals surface area contributed by atoms with Crippen LogP contribution in [0, 0.1) is 0 Å². The number of carboxylic acids is 1. The molecule has 178 valence electrons. The molecule has 1 fully saturated rings. The predicted octanol–water partition coefficient (Wildman–Crippen LogP) is 2.06. The summed E-state index contributed by atoms with van der Waals surface area (Å²) < 4.78 is 5.27. The van der Waals surface area contributed by atoms with Crippen molar-refractivity contribution in [3.05, 3.63) is 84.2 Å². The molecule has 1 amide bonds. The number of aromatic carboxylic acids is 1. The van der Waals surface area contributed by atoms with Crippen LogP contribution in [0.5, 0.6) is 0 Å². The van der Waals surface area contributed by atoms with Crippen molar-refractivity contribution in [3.8, 4) is 11.1 Å². The van der Waals surface area contributed by atoms with Crippen LogP contribution < -0.4 is 15.3 Å². The van der Waals surface area contributed by atoms with Gasteiger partial charge in [-0.05, 0) is 38.5 Å². The van der Waals surface area contributed by atoms with Crippen LogP contribution in [0.2, 0.25) is 0 Å². The van der Waals surface area contributed by atoms with Gasteiger partial charge >= 0.3 is 0 Å². The molecule has 0 unspecified atom stereocenters. The summed E-state index contributed by atoms with van der Waals surface area (Å²) in [4.78, 5) is 29.3. The lowest BCUT2D eigenvalue weighted by molar-refractivity contribution is -0.953. The second kappa shape index (κ2) is 11.5. The number of anilines is 1. The molecule has 0 bridgehead atoms. The number of pyridine rings is 1. The van der Waals surface area contributed by atoms with Gasteiger partial charge in [0.2, 0.25) is 0 Å². The highest BCUT2D eigenvalue weighted by atomic mass is 16.5. The monoisotopic (exact) mass is 461 g/mol. The molecular weight excluding hydrogens is 430 g/mol. The Labute approximate surface area is 200 Å². The first-order valence-corrected chi connectivity index (χ1v) is 11.3. The summed E-state index contributed by atoms with van der Waals surface area (Å²) in [6.07, 6.45) is 3.10. The number of amides is 1. The Balaban J connectivity index is 0.000000271. The lowest BCUT2D eigenvalue weighted by Gasteiger charge is -2.34. The highest BCUT2D eigenvalue weighted by Crippen LogP contribution is 2.20. The van der Waals surface area contributed by atoms with Gasteiger partial charge in [-0.3, -0.25) is 9.78 Å². The molecule has 7 heteroatoms. The summed E-state index contributed by atoms with van der Waals surface area (Å²) in [6, 6.07) is 17.4. The molecule has 2 heterocycles. The normalized spacial score (nSPS) is 14.0. The van der Waals surface area contributed by atoms with Crippen LogP contribution in [-0.4, -0.2) is 48.7 Å². The van der Waals surface area contributed by atoms with Gasteiger partial charge in [-0.25, -0.2) is 0 Å². The number of benzene rings is 2. The Morgan fingerprint density at radius 2 is 1.59 bits per heavy atom. The maximum absolute atomic E-state index is 12.4. The fourth-order valence-corrected chi connectivity index (χ4v) is 3.68. The Hall–Kier alpha value is -3.55. The van der Waals surface area contributed by atoms with E-state index < -0.39 is 11.9 Å². The minimum Gasteiger partial charge on any atom is -0.545 e. The number of rotatable bonds is 4. The molecule has 0 aliphatic carbocycles. The minimum absolute atomic E-state index is 0.0713. The number of carbonyl (C=O) groups excluding carboxylic acids is 2.